The standard InChI is InChI=1S/C18H16ClF4N5O/c1-9-12(20)7-25-17(26-9)27-14-5-6-28(8-13(14)24)16(29)10-3-2-4-11(15(10)19)18(21,22)23/h2-4,7H,5-6,8,24H2,1H3,(H,25,26,27). The van der Waals surface area contributed by atoms with Gasteiger partial charge < -0.3 is 16.0 Å². The first-order valence-corrected chi connectivity index (χ1v) is 8.84. The minimum Gasteiger partial charge on any atom is -0.399 e. The number of aryl methyl sites for hydroxylation is 1. The van der Waals surface area contributed by atoms with Crippen LogP contribution in [0.25, 0.3) is 0 Å². The predicted octanol–water partition coefficient (Wildman–Crippen LogP) is 3.72. The summed E-state index contributed by atoms with van der Waals surface area (Å²) in [6.07, 6.45) is -3.36. The van der Waals surface area contributed by atoms with Gasteiger partial charge in [0.1, 0.15) is 0 Å². The second kappa shape index (κ2) is 7.86. The number of hydrogen-bond donors (Lipinski definition) is 2. The first-order chi connectivity index (χ1) is 13.6. The van der Waals surface area contributed by atoms with E-state index in [9.17, 15) is 22.4 Å². The number of nitrogens with one attached hydrogen (secondary N) is 1. The predicted molar refractivity (Wildman–Crippen MR) is 98.5 cm³/mol. The van der Waals surface area contributed by atoms with Gasteiger partial charge in [0.15, 0.2) is 5.82 Å². The van der Waals surface area contributed by atoms with Crippen LogP contribution in [0, 0.1) is 12.7 Å². The molecule has 11 heteroatoms. The fourth-order valence-electron chi connectivity index (χ4n) is 2.84. The zero-order valence-corrected chi connectivity index (χ0v) is 15.9. The summed E-state index contributed by atoms with van der Waals surface area (Å²) in [5, 5.41) is 2.24. The Morgan fingerprint density at radius 2 is 2.07 bits per heavy atom. The summed E-state index contributed by atoms with van der Waals surface area (Å²) in [7, 11) is 0. The third-order valence-corrected chi connectivity index (χ3v) is 4.79. The molecule has 2 heterocycles. The van der Waals surface area contributed by atoms with E-state index in [-0.39, 0.29) is 36.7 Å². The zero-order chi connectivity index (χ0) is 21.3. The van der Waals surface area contributed by atoms with E-state index in [1.165, 1.54) is 17.9 Å². The third kappa shape index (κ3) is 4.42. The van der Waals surface area contributed by atoms with Gasteiger partial charge in [0.2, 0.25) is 5.95 Å². The number of anilines is 1. The maximum atomic E-state index is 13.3. The van der Waals surface area contributed by atoms with E-state index >= 15 is 0 Å². The average molecular weight is 430 g/mol. The van der Waals surface area contributed by atoms with Crippen molar-refractivity contribution in [2.45, 2.75) is 19.5 Å². The first-order valence-electron chi connectivity index (χ1n) is 8.46. The highest BCUT2D eigenvalue weighted by Crippen LogP contribution is 2.36. The Labute approximate surface area is 168 Å². The number of alkyl halides is 3. The third-order valence-electron chi connectivity index (χ3n) is 4.38. The van der Waals surface area contributed by atoms with Gasteiger partial charge in [-0.05, 0) is 19.1 Å². The number of aromatic nitrogens is 2. The van der Waals surface area contributed by atoms with E-state index in [0.29, 0.717) is 11.4 Å². The summed E-state index contributed by atoms with van der Waals surface area (Å²) in [5.41, 5.74) is 5.70. The second-order valence-corrected chi connectivity index (χ2v) is 6.78. The molecule has 3 rings (SSSR count). The lowest BCUT2D eigenvalue weighted by atomic mass is 10.1. The van der Waals surface area contributed by atoms with Gasteiger partial charge in [-0.25, -0.2) is 14.4 Å². The Bertz CT molecular complexity index is 993. The van der Waals surface area contributed by atoms with Gasteiger partial charge in [0.05, 0.1) is 34.6 Å². The van der Waals surface area contributed by atoms with Crippen LogP contribution < -0.4 is 11.1 Å². The normalized spacial score (nSPS) is 14.9. The van der Waals surface area contributed by atoms with Crippen molar-refractivity contribution >= 4 is 23.5 Å². The summed E-state index contributed by atoms with van der Waals surface area (Å²) < 4.78 is 52.4. The fraction of sp³-hybridized carbons (Fsp3) is 0.278. The smallest absolute Gasteiger partial charge is 0.399 e. The molecule has 2 aromatic rings. The molecule has 0 radical (unpaired) electrons. The highest BCUT2D eigenvalue weighted by molar-refractivity contribution is 6.34. The molecular weight excluding hydrogens is 414 g/mol. The summed E-state index contributed by atoms with van der Waals surface area (Å²) in [6, 6.07) is 3.19. The molecule has 0 saturated heterocycles. The van der Waals surface area contributed by atoms with E-state index in [0.717, 1.165) is 18.3 Å². The van der Waals surface area contributed by atoms with Gasteiger partial charge >= 0.3 is 6.18 Å². The molecule has 0 bridgehead atoms. The van der Waals surface area contributed by atoms with Crippen LogP contribution in [-0.4, -0.2) is 33.9 Å². The highest BCUT2D eigenvalue weighted by Gasteiger charge is 2.35. The molecule has 0 saturated carbocycles. The number of hydrogen-bond acceptors (Lipinski definition) is 5. The van der Waals surface area contributed by atoms with Crippen molar-refractivity contribution in [3.05, 3.63) is 63.5 Å². The minimum atomic E-state index is -4.67. The molecule has 1 amide bonds. The van der Waals surface area contributed by atoms with Gasteiger partial charge in [0, 0.05) is 24.4 Å². The Hall–Kier alpha value is -2.88. The average Bonchev–Trinajstić information content (AvgIpc) is 2.65. The summed E-state index contributed by atoms with van der Waals surface area (Å²) in [5.74, 6) is -1.05. The molecule has 0 atom stereocenters. The van der Waals surface area contributed by atoms with Crippen molar-refractivity contribution in [1.82, 2.24) is 14.9 Å². The van der Waals surface area contributed by atoms with Crippen molar-refractivity contribution in [3.8, 4) is 0 Å². The van der Waals surface area contributed by atoms with Crippen LogP contribution in [0.3, 0.4) is 0 Å². The zero-order valence-electron chi connectivity index (χ0n) is 15.1. The maximum Gasteiger partial charge on any atom is 0.417 e. The number of benzene rings is 1. The van der Waals surface area contributed by atoms with Crippen LogP contribution >= 0.6 is 11.6 Å². The van der Waals surface area contributed by atoms with Crippen LogP contribution in [0.1, 0.15) is 28.0 Å². The molecule has 1 aliphatic heterocycles. The molecule has 1 aliphatic rings. The molecule has 0 spiro atoms. The van der Waals surface area contributed by atoms with E-state index < -0.39 is 28.5 Å². The number of nitrogens with two attached hydrogens (primary N) is 1. The molecule has 0 unspecified atom stereocenters. The summed E-state index contributed by atoms with van der Waals surface area (Å²) in [4.78, 5) is 21.8. The van der Waals surface area contributed by atoms with Gasteiger partial charge in [-0.1, -0.05) is 17.7 Å². The molecular formula is C18H16ClF4N5O. The molecule has 29 heavy (non-hydrogen) atoms. The van der Waals surface area contributed by atoms with Crippen LogP contribution in [0.4, 0.5) is 23.5 Å². The number of carbonyl (C=O) groups is 1. The Morgan fingerprint density at radius 3 is 2.69 bits per heavy atom. The van der Waals surface area contributed by atoms with Gasteiger partial charge in [-0.15, -0.1) is 0 Å². The summed E-state index contributed by atoms with van der Waals surface area (Å²) >= 11 is 5.84. The van der Waals surface area contributed by atoms with Crippen molar-refractivity contribution < 1.29 is 22.4 Å². The van der Waals surface area contributed by atoms with Crippen LogP contribution in [0.5, 0.6) is 0 Å². The Kier molecular flexibility index (Phi) is 5.65. The molecule has 154 valence electrons. The van der Waals surface area contributed by atoms with E-state index in [1.54, 1.807) is 0 Å². The highest BCUT2D eigenvalue weighted by atomic mass is 35.5. The van der Waals surface area contributed by atoms with Gasteiger partial charge in [-0.2, -0.15) is 13.2 Å². The van der Waals surface area contributed by atoms with Crippen molar-refractivity contribution in [3.63, 3.8) is 0 Å². The molecule has 0 fully saturated rings. The fourth-order valence-corrected chi connectivity index (χ4v) is 3.15. The number of rotatable bonds is 3. The number of halogens is 5. The van der Waals surface area contributed by atoms with Gasteiger partial charge in [0.25, 0.3) is 5.91 Å². The largest absolute Gasteiger partial charge is 0.417 e. The number of nitrogens with zero attached hydrogens (tertiary/aromatic N) is 3. The number of carbonyl (C=O) groups excluding carboxylic acids is 1. The molecule has 1 aromatic carbocycles. The quantitative estimate of drug-likeness (QED) is 0.726. The SMILES string of the molecule is Cc1nc(NC2=C(N)CN(C(=O)c3cccc(C(F)(F)F)c3Cl)CC2)ncc1F. The second-order valence-electron chi connectivity index (χ2n) is 6.40. The number of amides is 1. The summed E-state index contributed by atoms with van der Waals surface area (Å²) in [6.45, 7) is 1.66. The van der Waals surface area contributed by atoms with E-state index in [4.69, 9.17) is 17.3 Å². The first kappa shape index (κ1) is 20.8. The monoisotopic (exact) mass is 429 g/mol. The van der Waals surface area contributed by atoms with Crippen LogP contribution in [0.2, 0.25) is 5.02 Å². The van der Waals surface area contributed by atoms with E-state index in [1.807, 2.05) is 0 Å². The lowest BCUT2D eigenvalue weighted by Crippen LogP contribution is -2.40. The van der Waals surface area contributed by atoms with Crippen LogP contribution in [0.15, 0.2) is 35.8 Å². The van der Waals surface area contributed by atoms with E-state index in [2.05, 4.69) is 15.3 Å². The molecule has 0 aliphatic carbocycles. The molecule has 3 N–H and O–H groups in total. The van der Waals surface area contributed by atoms with Crippen molar-refractivity contribution in [2.24, 2.45) is 5.73 Å². The molecule has 1 aromatic heterocycles. The van der Waals surface area contributed by atoms with Gasteiger partial charge in [-0.3, -0.25) is 4.79 Å². The Morgan fingerprint density at radius 1 is 1.34 bits per heavy atom. The lowest BCUT2D eigenvalue weighted by molar-refractivity contribution is -0.137. The topological polar surface area (TPSA) is 84.1 Å². The Balaban J connectivity index is 1.78. The van der Waals surface area contributed by atoms with Crippen molar-refractivity contribution in [2.75, 3.05) is 18.4 Å². The van der Waals surface area contributed by atoms with Crippen molar-refractivity contribution in [1.29, 1.82) is 0 Å². The van der Waals surface area contributed by atoms with Crippen LogP contribution in [-0.2, 0) is 6.18 Å². The maximum absolute atomic E-state index is 13.3. The lowest BCUT2D eigenvalue weighted by Gasteiger charge is -2.30. The minimum absolute atomic E-state index is 0.0199. The molecule has 6 nitrogen and oxygen atoms in total.